The molecule has 0 atom stereocenters. The number of benzene rings is 2. The van der Waals surface area contributed by atoms with E-state index < -0.39 is 10.6 Å². The lowest BCUT2D eigenvalue weighted by atomic mass is 10.3. The van der Waals surface area contributed by atoms with Gasteiger partial charge in [0, 0.05) is 11.8 Å². The number of rotatable bonds is 6. The fourth-order valence-corrected chi connectivity index (χ4v) is 2.65. The summed E-state index contributed by atoms with van der Waals surface area (Å²) >= 11 is 0. The first-order valence-electron chi connectivity index (χ1n) is 9.72. The van der Waals surface area contributed by atoms with Gasteiger partial charge >= 0.3 is 12.0 Å². The lowest BCUT2D eigenvalue weighted by molar-refractivity contribution is 0.170. The van der Waals surface area contributed by atoms with E-state index in [0.29, 0.717) is 17.3 Å². The number of hydrogen-bond acceptors (Lipinski definition) is 9. The maximum absolute atomic E-state index is 12.9. The van der Waals surface area contributed by atoms with Crippen LogP contribution in [0.4, 0.5) is 34.2 Å². The molecule has 0 aliphatic carbocycles. The van der Waals surface area contributed by atoms with Gasteiger partial charge in [-0.15, -0.1) is 9.97 Å². The maximum atomic E-state index is 12.9. The molecular formula is C22H21N7O3+. The number of carbonyl (C=O) groups is 1. The van der Waals surface area contributed by atoms with Gasteiger partial charge in [0.2, 0.25) is 17.8 Å². The number of ether oxygens (including phenoxy) is 1. The molecule has 10 nitrogen and oxygen atoms in total. The van der Waals surface area contributed by atoms with Crippen molar-refractivity contribution >= 4 is 35.5 Å². The third-order valence-corrected chi connectivity index (χ3v) is 4.37. The number of aromatic nitrogens is 4. The summed E-state index contributed by atoms with van der Waals surface area (Å²) in [6.45, 7) is 1.80. The van der Waals surface area contributed by atoms with Crippen molar-refractivity contribution in [3.8, 4) is 5.75 Å². The van der Waals surface area contributed by atoms with Crippen molar-refractivity contribution < 1.29 is 14.1 Å². The molecule has 0 bridgehead atoms. The molecule has 2 N–H and O–H groups in total. The number of quaternary nitrogens is 1. The van der Waals surface area contributed by atoms with Crippen molar-refractivity contribution in [1.82, 2.24) is 24.6 Å². The van der Waals surface area contributed by atoms with Gasteiger partial charge in [0.15, 0.2) is 0 Å². The van der Waals surface area contributed by atoms with Gasteiger partial charge in [-0.1, -0.05) is 35.5 Å². The minimum Gasteiger partial charge on any atom is -0.380 e. The van der Waals surface area contributed by atoms with Crippen molar-refractivity contribution in [1.29, 1.82) is 0 Å². The van der Waals surface area contributed by atoms with Gasteiger partial charge in [-0.3, -0.25) is 5.32 Å². The molecule has 4 rings (SSSR count). The standard InChI is InChI=1S/C22H21N7O3/c1-15-14-18(32-28-15)24-20-25-19(23-16-10-6-4-7-11-16)26-21(27-20)29(2,3)22(30)31-17-12-8-5-9-13-17/h4,6-14H,1-3H3,(H2,23,24,25,26,27)/q+1. The molecule has 2 heterocycles. The van der Waals surface area contributed by atoms with Crippen LogP contribution in [0.3, 0.4) is 0 Å². The van der Waals surface area contributed by atoms with Crippen molar-refractivity contribution in [2.45, 2.75) is 6.92 Å². The summed E-state index contributed by atoms with van der Waals surface area (Å²) < 4.78 is 10.3. The summed E-state index contributed by atoms with van der Waals surface area (Å²) in [6.07, 6.45) is -0.575. The van der Waals surface area contributed by atoms with Crippen LogP contribution in [0, 0.1) is 13.0 Å². The fraction of sp³-hybridized carbons (Fsp3) is 0.136. The first-order chi connectivity index (χ1) is 15.4. The van der Waals surface area contributed by atoms with Crippen molar-refractivity contribution in [3.05, 3.63) is 72.4 Å². The average molecular weight is 431 g/mol. The molecule has 0 fully saturated rings. The van der Waals surface area contributed by atoms with E-state index in [1.165, 1.54) is 0 Å². The summed E-state index contributed by atoms with van der Waals surface area (Å²) in [7, 11) is 3.25. The van der Waals surface area contributed by atoms with Gasteiger partial charge in [-0.25, -0.2) is 0 Å². The topological polar surface area (TPSA) is 115 Å². The Kier molecular flexibility index (Phi) is 5.77. The van der Waals surface area contributed by atoms with Crippen LogP contribution in [-0.2, 0) is 0 Å². The predicted molar refractivity (Wildman–Crippen MR) is 119 cm³/mol. The monoisotopic (exact) mass is 431 g/mol. The average Bonchev–Trinajstić information content (AvgIpc) is 3.19. The Labute approximate surface area is 184 Å². The van der Waals surface area contributed by atoms with Gasteiger partial charge < -0.3 is 14.6 Å². The summed E-state index contributed by atoms with van der Waals surface area (Å²) in [5.74, 6) is 1.33. The van der Waals surface area contributed by atoms with E-state index >= 15 is 0 Å². The largest absolute Gasteiger partial charge is 0.528 e. The van der Waals surface area contributed by atoms with Crippen LogP contribution in [-0.4, -0.2) is 40.3 Å². The zero-order valence-electron chi connectivity index (χ0n) is 17.7. The minimum absolute atomic E-state index is 0.157. The smallest absolute Gasteiger partial charge is 0.380 e. The molecule has 2 aromatic heterocycles. The first-order valence-corrected chi connectivity index (χ1v) is 9.72. The molecule has 0 saturated heterocycles. The van der Waals surface area contributed by atoms with Crippen molar-refractivity contribution in [2.24, 2.45) is 0 Å². The zero-order chi connectivity index (χ0) is 22.6. The van der Waals surface area contributed by atoms with Crippen LogP contribution in [0.1, 0.15) is 5.69 Å². The van der Waals surface area contributed by atoms with Crippen LogP contribution in [0.2, 0.25) is 0 Å². The normalized spacial score (nSPS) is 11.1. The Bertz CT molecular complexity index is 1210. The molecule has 10 heteroatoms. The van der Waals surface area contributed by atoms with Crippen LogP contribution >= 0.6 is 0 Å². The molecule has 32 heavy (non-hydrogen) atoms. The summed E-state index contributed by atoms with van der Waals surface area (Å²) in [5.41, 5.74) is 1.48. The van der Waals surface area contributed by atoms with E-state index in [-0.39, 0.29) is 17.8 Å². The van der Waals surface area contributed by atoms with Crippen molar-refractivity contribution in [3.63, 3.8) is 0 Å². The van der Waals surface area contributed by atoms with E-state index in [1.807, 2.05) is 30.3 Å². The fourth-order valence-electron chi connectivity index (χ4n) is 2.65. The number of nitrogens with zero attached hydrogens (tertiary/aromatic N) is 5. The predicted octanol–water partition coefficient (Wildman–Crippen LogP) is 4.22. The third kappa shape index (κ3) is 4.87. The molecule has 2 aromatic carbocycles. The van der Waals surface area contributed by atoms with Crippen molar-refractivity contribution in [2.75, 3.05) is 24.7 Å². The van der Waals surface area contributed by atoms with E-state index in [1.54, 1.807) is 51.4 Å². The second-order valence-corrected chi connectivity index (χ2v) is 7.29. The number of nitrogens with one attached hydrogen (secondary N) is 2. The molecule has 1 radical (unpaired) electrons. The lowest BCUT2D eigenvalue weighted by Crippen LogP contribution is -2.49. The first kappa shape index (κ1) is 20.9. The van der Waals surface area contributed by atoms with E-state index in [2.05, 4.69) is 36.8 Å². The molecule has 0 spiro atoms. The highest BCUT2D eigenvalue weighted by molar-refractivity contribution is 5.81. The number of amides is 1. The molecule has 161 valence electrons. The number of hydrogen-bond donors (Lipinski definition) is 2. The van der Waals surface area contributed by atoms with Gasteiger partial charge in [-0.2, -0.15) is 14.3 Å². The van der Waals surface area contributed by atoms with Crippen LogP contribution < -0.4 is 19.9 Å². The Morgan fingerprint density at radius 1 is 1.00 bits per heavy atom. The Hall–Kier alpha value is -4.31. The van der Waals surface area contributed by atoms with E-state index in [0.717, 1.165) is 5.69 Å². The lowest BCUT2D eigenvalue weighted by Gasteiger charge is -2.22. The number of para-hydroxylation sites is 1. The van der Waals surface area contributed by atoms with Gasteiger partial charge in [0.1, 0.15) is 5.75 Å². The Morgan fingerprint density at radius 2 is 1.69 bits per heavy atom. The van der Waals surface area contributed by atoms with Gasteiger partial charge in [0.25, 0.3) is 0 Å². The summed E-state index contributed by atoms with van der Waals surface area (Å²) in [6, 6.07) is 20.6. The minimum atomic E-state index is -0.575. The van der Waals surface area contributed by atoms with E-state index in [4.69, 9.17) is 9.26 Å². The zero-order valence-corrected chi connectivity index (χ0v) is 17.7. The van der Waals surface area contributed by atoms with Gasteiger partial charge in [-0.05, 0) is 37.3 Å². The molecule has 0 unspecified atom stereocenters. The maximum Gasteiger partial charge on any atom is 0.528 e. The third-order valence-electron chi connectivity index (χ3n) is 4.37. The highest BCUT2D eigenvalue weighted by atomic mass is 16.6. The molecule has 0 aliphatic heterocycles. The summed E-state index contributed by atoms with van der Waals surface area (Å²) in [4.78, 5) is 26.2. The van der Waals surface area contributed by atoms with Crippen LogP contribution in [0.25, 0.3) is 0 Å². The van der Waals surface area contributed by atoms with Crippen LogP contribution in [0.15, 0.2) is 65.2 Å². The van der Waals surface area contributed by atoms with Crippen LogP contribution in [0.5, 0.6) is 5.75 Å². The number of carbonyl (C=O) groups excluding carboxylic acids is 1. The second kappa shape index (κ2) is 8.82. The Balaban J connectivity index is 1.67. The molecule has 0 aliphatic rings. The molecule has 4 aromatic rings. The Morgan fingerprint density at radius 3 is 2.34 bits per heavy atom. The SMILES string of the molecule is Cc1cc(Nc2nc(Nc3ccccc3)nc([N+](C)(C)C(=O)Oc3cc[c]cc3)n2)on1. The van der Waals surface area contributed by atoms with E-state index in [9.17, 15) is 4.79 Å². The number of anilines is 4. The molecular weight excluding hydrogens is 410 g/mol. The molecule has 1 amide bonds. The highest BCUT2D eigenvalue weighted by Crippen LogP contribution is 2.24. The summed E-state index contributed by atoms with van der Waals surface area (Å²) in [5, 5.41) is 9.92. The quantitative estimate of drug-likeness (QED) is 0.433. The second-order valence-electron chi connectivity index (χ2n) is 7.29. The molecule has 0 saturated carbocycles. The highest BCUT2D eigenvalue weighted by Gasteiger charge is 2.37. The number of aryl methyl sites for hydroxylation is 1. The van der Waals surface area contributed by atoms with Gasteiger partial charge in [0.05, 0.1) is 19.8 Å².